The van der Waals surface area contributed by atoms with Crippen LogP contribution in [0.2, 0.25) is 0 Å². The van der Waals surface area contributed by atoms with Crippen molar-refractivity contribution in [2.24, 2.45) is 0 Å². The molecule has 9 rings (SSSR count). The SMILES string of the molecule is Cc1ccc(S(=O)(=O)NC(=N)NCCC[C@@H]2NC(=O)[C@@H]3CCCN3C(=O)[C@H](CCCCNC(=O)OCc3ccccc3)NC(=O)[C@H](COCc3ccccc3)NC(=O)[C@H](COCc3ccccc3)NC(=O)[C@H](C)NC(=O)[C@@H]3CCCN3C(=O)[C@H](COCc3ccccc3)NC(=O)[C@H](CC(=O)OC3CCCCC3)NC(=O)CNC2=O)cc1. The van der Waals surface area contributed by atoms with E-state index in [4.69, 9.17) is 29.1 Å². The van der Waals surface area contributed by atoms with Gasteiger partial charge in [-0.3, -0.25) is 58.1 Å². The number of unbranched alkanes of at least 4 members (excludes halogenated alkanes) is 1. The number of amides is 11. The fourth-order valence-corrected chi connectivity index (χ4v) is 14.6. The first kappa shape index (κ1) is 88.6. The van der Waals surface area contributed by atoms with Gasteiger partial charge in [0.05, 0.1) is 57.5 Å². The molecule has 5 aromatic rings. The summed E-state index contributed by atoms with van der Waals surface area (Å²) >= 11 is 0. The van der Waals surface area contributed by atoms with Gasteiger partial charge in [0.2, 0.25) is 65.0 Å². The van der Waals surface area contributed by atoms with Crippen LogP contribution in [-0.4, -0.2) is 208 Å². The van der Waals surface area contributed by atoms with Crippen molar-refractivity contribution in [3.63, 3.8) is 0 Å². The maximum Gasteiger partial charge on any atom is 0.407 e. The van der Waals surface area contributed by atoms with Crippen LogP contribution in [0.25, 0.3) is 0 Å². The third-order valence-electron chi connectivity index (χ3n) is 20.0. The molecule has 5 aromatic carbocycles. The number of hydrogen-bond acceptors (Lipinski definition) is 20. The van der Waals surface area contributed by atoms with Crippen LogP contribution in [0.5, 0.6) is 0 Å². The van der Waals surface area contributed by atoms with Crippen molar-refractivity contribution in [3.8, 4) is 0 Å². The highest BCUT2D eigenvalue weighted by Crippen LogP contribution is 2.25. The number of alkyl carbamates (subject to hydrolysis) is 1. The molecule has 3 saturated heterocycles. The van der Waals surface area contributed by atoms with Gasteiger partial charge in [-0.05, 0) is 132 Å². The van der Waals surface area contributed by atoms with Crippen LogP contribution in [0.15, 0.2) is 150 Å². The number of carbonyl (C=O) groups is 12. The van der Waals surface area contributed by atoms with Gasteiger partial charge in [-0.15, -0.1) is 0 Å². The second-order valence-electron chi connectivity index (χ2n) is 29.1. The summed E-state index contributed by atoms with van der Waals surface area (Å²) < 4.78 is 58.1. The number of esters is 1. The number of guanidine groups is 1. The Kier molecular flexibility index (Phi) is 34.9. The van der Waals surface area contributed by atoms with Crippen molar-refractivity contribution < 1.29 is 89.6 Å². The van der Waals surface area contributed by atoms with Crippen LogP contribution in [0.1, 0.15) is 131 Å². The lowest BCUT2D eigenvalue weighted by molar-refractivity contribution is -0.153. The Balaban J connectivity index is 1.04. The molecule has 0 bridgehead atoms. The summed E-state index contributed by atoms with van der Waals surface area (Å²) in [6.45, 7) is 0.390. The minimum atomic E-state index is -4.23. The monoisotopic (exact) mass is 1620 g/mol. The van der Waals surface area contributed by atoms with Gasteiger partial charge in [0.1, 0.15) is 67.1 Å². The van der Waals surface area contributed by atoms with E-state index in [1.165, 1.54) is 28.9 Å². The van der Waals surface area contributed by atoms with Crippen LogP contribution in [0.4, 0.5) is 4.79 Å². The molecule has 0 unspecified atom stereocenters. The lowest BCUT2D eigenvalue weighted by Gasteiger charge is -2.31. The van der Waals surface area contributed by atoms with Crippen LogP contribution < -0.4 is 57.9 Å². The van der Waals surface area contributed by atoms with Gasteiger partial charge in [0, 0.05) is 26.2 Å². The molecule has 11 amide bonds. The fourth-order valence-electron chi connectivity index (χ4n) is 13.7. The largest absolute Gasteiger partial charge is 0.462 e. The van der Waals surface area contributed by atoms with E-state index in [2.05, 4.69) is 57.9 Å². The van der Waals surface area contributed by atoms with Gasteiger partial charge >= 0.3 is 12.1 Å². The smallest absolute Gasteiger partial charge is 0.407 e. The number of ether oxygens (including phenoxy) is 5. The molecule has 34 heteroatoms. The zero-order valence-corrected chi connectivity index (χ0v) is 66.1. The number of benzene rings is 5. The van der Waals surface area contributed by atoms with Gasteiger partial charge in [-0.2, -0.15) is 0 Å². The predicted molar refractivity (Wildman–Crippen MR) is 422 cm³/mol. The number of sulfonamides is 1. The molecule has 116 heavy (non-hydrogen) atoms. The van der Waals surface area contributed by atoms with E-state index >= 15 is 24.0 Å². The van der Waals surface area contributed by atoms with E-state index in [0.717, 1.165) is 30.4 Å². The lowest BCUT2D eigenvalue weighted by atomic mass is 9.98. The summed E-state index contributed by atoms with van der Waals surface area (Å²) in [6.07, 6.45) is 2.21. The Morgan fingerprint density at radius 1 is 0.466 bits per heavy atom. The standard InChI is InChI=1S/C82H106N14O19S/c1-54-37-39-61(40-38-54)116(109,110)94-81(83)84-42-20-34-62-73(100)86-46-70(97)88-64(45-71(98)115-60-31-16-7-17-32-60)74(101)93-67(53-113-49-58-27-12-5-13-28-58)80(107)96-44-21-35-68(96)77(104)87-55(2)72(99)91-65(51-111-47-56-23-8-3-9-24-56)76(103)92-66(52-112-48-57-25-10-4-11-26-57)75(102)90-63(79(106)95-43-22-36-69(95)78(105)89-62)33-18-19-41-85-82(108)114-50-59-29-14-6-15-30-59/h3-6,8-15,23-30,37-40,55,60,62-69H,7,16-22,31-36,41-53H2,1-2H3,(H,85,108)(H,86,100)(H,87,104)(H,88,97)(H,89,105)(H,90,102)(H,91,99)(H,92,103)(H,93,101)(H3,83,84,94)/t55-,62-,63-,64-,65-,66-,67-,68-,69-/m0/s1. The van der Waals surface area contributed by atoms with Crippen molar-refractivity contribution in [2.45, 2.75) is 202 Å². The molecule has 624 valence electrons. The van der Waals surface area contributed by atoms with E-state index in [1.807, 2.05) is 6.07 Å². The van der Waals surface area contributed by atoms with Crippen molar-refractivity contribution in [1.29, 1.82) is 5.41 Å². The van der Waals surface area contributed by atoms with E-state index in [0.29, 0.717) is 29.5 Å². The van der Waals surface area contributed by atoms with Crippen LogP contribution in [0, 0.1) is 12.3 Å². The molecule has 3 heterocycles. The third-order valence-corrected chi connectivity index (χ3v) is 21.3. The zero-order valence-electron chi connectivity index (χ0n) is 65.3. The minimum Gasteiger partial charge on any atom is -0.462 e. The van der Waals surface area contributed by atoms with E-state index in [1.54, 1.807) is 134 Å². The number of aryl methyl sites for hydroxylation is 1. The normalized spacial score (nSPS) is 22.1. The highest BCUT2D eigenvalue weighted by Gasteiger charge is 2.43. The van der Waals surface area contributed by atoms with Gasteiger partial charge in [0.25, 0.3) is 10.0 Å². The molecule has 0 spiro atoms. The molecule has 33 nitrogen and oxygen atoms in total. The molecule has 1 saturated carbocycles. The Morgan fingerprint density at radius 2 is 0.922 bits per heavy atom. The third kappa shape index (κ3) is 28.6. The summed E-state index contributed by atoms with van der Waals surface area (Å²) in [7, 11) is -4.23. The number of nitrogens with zero attached hydrogens (tertiary/aromatic N) is 2. The van der Waals surface area contributed by atoms with E-state index in [9.17, 15) is 42.0 Å². The summed E-state index contributed by atoms with van der Waals surface area (Å²) in [6, 6.07) is 28.0. The Morgan fingerprint density at radius 3 is 1.47 bits per heavy atom. The van der Waals surface area contributed by atoms with Gasteiger partial charge in [-0.1, -0.05) is 145 Å². The number of nitrogens with one attached hydrogen (secondary N) is 12. The Hall–Kier alpha value is -11.4. The topological polar surface area (TPSA) is 448 Å². The summed E-state index contributed by atoms with van der Waals surface area (Å²) in [5, 5.41) is 35.0. The average Bonchev–Trinajstić information content (AvgIpc) is 1.66. The number of rotatable bonds is 28. The molecular formula is C82H106N14O19S. The molecular weight excluding hydrogens is 1520 g/mol. The lowest BCUT2D eigenvalue weighted by Crippen LogP contribution is -2.61. The summed E-state index contributed by atoms with van der Waals surface area (Å²) in [5.41, 5.74) is 3.63. The molecule has 4 aliphatic rings. The van der Waals surface area contributed by atoms with Crippen molar-refractivity contribution >= 4 is 87.1 Å². The van der Waals surface area contributed by atoms with Crippen molar-refractivity contribution in [2.75, 3.05) is 52.5 Å². The quantitative estimate of drug-likeness (QED) is 0.0148. The maximum absolute atomic E-state index is 15.4. The Bertz CT molecular complexity index is 4250. The minimum absolute atomic E-state index is 0.00930. The molecule has 1 aliphatic carbocycles. The van der Waals surface area contributed by atoms with E-state index in [-0.39, 0.29) is 115 Å². The highest BCUT2D eigenvalue weighted by molar-refractivity contribution is 7.90. The van der Waals surface area contributed by atoms with Crippen molar-refractivity contribution in [1.82, 2.24) is 67.7 Å². The summed E-state index contributed by atoms with van der Waals surface area (Å²) in [5.74, 6) is -10.6. The predicted octanol–water partition coefficient (Wildman–Crippen LogP) is 3.12. The van der Waals surface area contributed by atoms with Gasteiger partial charge < -0.3 is 86.7 Å². The van der Waals surface area contributed by atoms with Crippen LogP contribution >= 0.6 is 0 Å². The van der Waals surface area contributed by atoms with Gasteiger partial charge in [0.15, 0.2) is 0 Å². The second-order valence-corrected chi connectivity index (χ2v) is 30.7. The molecule has 0 radical (unpaired) electrons. The highest BCUT2D eigenvalue weighted by atomic mass is 32.2. The number of carbonyl (C=O) groups excluding carboxylic acids is 12. The summed E-state index contributed by atoms with van der Waals surface area (Å²) in [4.78, 5) is 178. The van der Waals surface area contributed by atoms with Gasteiger partial charge in [-0.25, -0.2) is 17.9 Å². The van der Waals surface area contributed by atoms with E-state index < -0.39 is 180 Å². The first-order valence-electron chi connectivity index (χ1n) is 39.4. The zero-order chi connectivity index (χ0) is 82.8. The average molecular weight is 1620 g/mol. The van der Waals surface area contributed by atoms with Crippen LogP contribution in [0.3, 0.4) is 0 Å². The molecule has 0 aromatic heterocycles. The number of hydrogen-bond donors (Lipinski definition) is 12. The first-order valence-corrected chi connectivity index (χ1v) is 40.9. The van der Waals surface area contributed by atoms with Crippen LogP contribution in [-0.2, 0) is 113 Å². The Labute approximate surface area is 674 Å². The molecule has 12 N–H and O–H groups in total. The van der Waals surface area contributed by atoms with Crippen molar-refractivity contribution in [3.05, 3.63) is 173 Å². The fraction of sp³-hybridized carbons (Fsp3) is 0.476. The molecule has 4 fully saturated rings. The second kappa shape index (κ2) is 45.7. The molecule has 3 aliphatic heterocycles. The number of fused-ring (bicyclic) bond motifs is 2. The first-order chi connectivity index (χ1) is 56.0. The molecule has 9 atom stereocenters. The maximum atomic E-state index is 15.4.